The molecule has 3 atom stereocenters. The molecule has 1 aromatic rings. The van der Waals surface area contributed by atoms with Crippen LogP contribution in [0.15, 0.2) is 6.20 Å². The zero-order chi connectivity index (χ0) is 13.8. The average Bonchev–Trinajstić information content (AvgIpc) is 2.77. The molecular weight excluding hydrogens is 262 g/mol. The van der Waals surface area contributed by atoms with Gasteiger partial charge >= 0.3 is 0 Å². The molecule has 5 heteroatoms. The number of hydrogen-bond donors (Lipinski definition) is 1. The summed E-state index contributed by atoms with van der Waals surface area (Å²) in [6.45, 7) is 4.44. The first-order valence-corrected chi connectivity index (χ1v) is 7.45. The van der Waals surface area contributed by atoms with E-state index in [1.54, 1.807) is 13.3 Å². The minimum Gasteiger partial charge on any atom is -0.383 e. The summed E-state index contributed by atoms with van der Waals surface area (Å²) >= 11 is 6.36. The van der Waals surface area contributed by atoms with Crippen molar-refractivity contribution >= 4 is 11.6 Å². The minimum atomic E-state index is 0.431. The summed E-state index contributed by atoms with van der Waals surface area (Å²) < 4.78 is 7.14. The maximum atomic E-state index is 6.36. The van der Waals surface area contributed by atoms with Crippen LogP contribution in [0, 0.1) is 11.8 Å². The number of hydrogen-bond acceptors (Lipinski definition) is 3. The van der Waals surface area contributed by atoms with E-state index < -0.39 is 0 Å². The van der Waals surface area contributed by atoms with Crippen LogP contribution in [0.5, 0.6) is 0 Å². The fourth-order valence-corrected chi connectivity index (χ4v) is 3.44. The van der Waals surface area contributed by atoms with E-state index in [9.17, 15) is 0 Å². The summed E-state index contributed by atoms with van der Waals surface area (Å²) in [5.41, 5.74) is 7.10. The number of ether oxygens (including phenoxy) is 1. The molecule has 1 aromatic heterocycles. The second-order valence-electron chi connectivity index (χ2n) is 5.61. The highest BCUT2D eigenvalue weighted by molar-refractivity contribution is 6.31. The molecule has 1 heterocycles. The molecule has 2 rings (SSSR count). The first-order chi connectivity index (χ1) is 9.17. The molecule has 0 bridgehead atoms. The Bertz CT molecular complexity index is 407. The van der Waals surface area contributed by atoms with Crippen LogP contribution >= 0.6 is 11.6 Å². The first kappa shape index (κ1) is 14.8. The Morgan fingerprint density at radius 1 is 1.53 bits per heavy atom. The molecule has 2 N–H and O–H groups in total. The maximum Gasteiger partial charge on any atom is 0.0820 e. The smallest absolute Gasteiger partial charge is 0.0820 e. The van der Waals surface area contributed by atoms with Gasteiger partial charge in [-0.2, -0.15) is 5.10 Å². The van der Waals surface area contributed by atoms with Gasteiger partial charge in [0.15, 0.2) is 0 Å². The molecule has 3 unspecified atom stereocenters. The second kappa shape index (κ2) is 6.73. The van der Waals surface area contributed by atoms with E-state index in [4.69, 9.17) is 22.1 Å². The molecule has 4 nitrogen and oxygen atoms in total. The molecule has 1 aliphatic rings. The third-order valence-electron chi connectivity index (χ3n) is 4.25. The van der Waals surface area contributed by atoms with E-state index in [1.165, 1.54) is 12.8 Å². The highest BCUT2D eigenvalue weighted by Gasteiger charge is 2.32. The van der Waals surface area contributed by atoms with Crippen molar-refractivity contribution in [2.24, 2.45) is 17.6 Å². The lowest BCUT2D eigenvalue weighted by Crippen LogP contribution is -2.30. The van der Waals surface area contributed by atoms with Gasteiger partial charge < -0.3 is 10.5 Å². The van der Waals surface area contributed by atoms with Gasteiger partial charge in [-0.1, -0.05) is 24.9 Å². The van der Waals surface area contributed by atoms with E-state index in [1.807, 2.05) is 4.68 Å². The van der Waals surface area contributed by atoms with Crippen molar-refractivity contribution in [1.29, 1.82) is 0 Å². The standard InChI is InChI=1S/C14H24ClN3O/c1-10-3-4-11(8-16)12(7-10)14-13(15)9-17-18(14)5-6-19-2/h9-12H,3-8,16H2,1-2H3. The summed E-state index contributed by atoms with van der Waals surface area (Å²) in [5, 5.41) is 5.16. The lowest BCUT2D eigenvalue weighted by atomic mass is 9.73. The van der Waals surface area contributed by atoms with Crippen molar-refractivity contribution in [2.45, 2.75) is 38.6 Å². The van der Waals surface area contributed by atoms with Crippen LogP contribution in [0.25, 0.3) is 0 Å². The van der Waals surface area contributed by atoms with Crippen molar-refractivity contribution in [3.05, 3.63) is 16.9 Å². The highest BCUT2D eigenvalue weighted by atomic mass is 35.5. The number of aromatic nitrogens is 2. The van der Waals surface area contributed by atoms with Crippen molar-refractivity contribution in [2.75, 3.05) is 20.3 Å². The quantitative estimate of drug-likeness (QED) is 0.905. The van der Waals surface area contributed by atoms with Crippen LogP contribution < -0.4 is 5.73 Å². The van der Waals surface area contributed by atoms with Gasteiger partial charge in [-0.15, -0.1) is 0 Å². The fraction of sp³-hybridized carbons (Fsp3) is 0.786. The maximum absolute atomic E-state index is 6.36. The van der Waals surface area contributed by atoms with Crippen LogP contribution in [0.3, 0.4) is 0 Å². The van der Waals surface area contributed by atoms with E-state index in [0.29, 0.717) is 18.4 Å². The van der Waals surface area contributed by atoms with Crippen molar-refractivity contribution in [3.8, 4) is 0 Å². The summed E-state index contributed by atoms with van der Waals surface area (Å²) in [6.07, 6.45) is 5.36. The minimum absolute atomic E-state index is 0.431. The molecule has 1 saturated carbocycles. The Balaban J connectivity index is 2.24. The van der Waals surface area contributed by atoms with E-state index >= 15 is 0 Å². The third kappa shape index (κ3) is 3.30. The topological polar surface area (TPSA) is 53.1 Å². The van der Waals surface area contributed by atoms with Gasteiger partial charge in [-0.05, 0) is 31.2 Å². The molecule has 1 fully saturated rings. The van der Waals surface area contributed by atoms with E-state index in [-0.39, 0.29) is 0 Å². The molecule has 0 saturated heterocycles. The Morgan fingerprint density at radius 3 is 3.00 bits per heavy atom. The van der Waals surface area contributed by atoms with E-state index in [2.05, 4.69) is 12.0 Å². The summed E-state index contributed by atoms with van der Waals surface area (Å²) in [4.78, 5) is 0. The summed E-state index contributed by atoms with van der Waals surface area (Å²) in [6, 6.07) is 0. The van der Waals surface area contributed by atoms with Crippen LogP contribution in [0.1, 0.15) is 37.8 Å². The van der Waals surface area contributed by atoms with Crippen LogP contribution in [0.4, 0.5) is 0 Å². The normalized spacial score (nSPS) is 27.7. The third-order valence-corrected chi connectivity index (χ3v) is 4.54. The van der Waals surface area contributed by atoms with Crippen LogP contribution in [0.2, 0.25) is 5.02 Å². The Labute approximate surface area is 120 Å². The fourth-order valence-electron chi connectivity index (χ4n) is 3.16. The van der Waals surface area contributed by atoms with Crippen molar-refractivity contribution in [1.82, 2.24) is 9.78 Å². The van der Waals surface area contributed by atoms with Gasteiger partial charge in [-0.25, -0.2) is 0 Å². The molecule has 108 valence electrons. The van der Waals surface area contributed by atoms with Gasteiger partial charge in [-0.3, -0.25) is 4.68 Å². The predicted octanol–water partition coefficient (Wildman–Crippen LogP) is 2.66. The first-order valence-electron chi connectivity index (χ1n) is 7.07. The zero-order valence-corrected chi connectivity index (χ0v) is 12.6. The molecular formula is C14H24ClN3O. The predicted molar refractivity (Wildman–Crippen MR) is 77.4 cm³/mol. The average molecular weight is 286 g/mol. The summed E-state index contributed by atoms with van der Waals surface area (Å²) in [5.74, 6) is 1.68. The molecule has 0 aromatic carbocycles. The van der Waals surface area contributed by atoms with Crippen LogP contribution in [-0.2, 0) is 11.3 Å². The van der Waals surface area contributed by atoms with Crippen molar-refractivity contribution < 1.29 is 4.74 Å². The lowest BCUT2D eigenvalue weighted by molar-refractivity contribution is 0.178. The number of halogens is 1. The molecule has 0 amide bonds. The zero-order valence-electron chi connectivity index (χ0n) is 11.8. The molecule has 1 aliphatic carbocycles. The van der Waals surface area contributed by atoms with Crippen LogP contribution in [-0.4, -0.2) is 30.0 Å². The summed E-state index contributed by atoms with van der Waals surface area (Å²) in [7, 11) is 1.70. The van der Waals surface area contributed by atoms with E-state index in [0.717, 1.165) is 36.1 Å². The Morgan fingerprint density at radius 2 is 2.32 bits per heavy atom. The van der Waals surface area contributed by atoms with Crippen molar-refractivity contribution in [3.63, 3.8) is 0 Å². The lowest BCUT2D eigenvalue weighted by Gasteiger charge is -2.34. The van der Waals surface area contributed by atoms with Gasteiger partial charge in [0, 0.05) is 13.0 Å². The van der Waals surface area contributed by atoms with Gasteiger partial charge in [0.1, 0.15) is 0 Å². The Kier molecular flexibility index (Phi) is 5.25. The van der Waals surface area contributed by atoms with Gasteiger partial charge in [0.05, 0.1) is 30.1 Å². The number of rotatable bonds is 5. The SMILES string of the molecule is COCCn1ncc(Cl)c1C1CC(C)CCC1CN. The number of nitrogens with zero attached hydrogens (tertiary/aromatic N) is 2. The number of nitrogens with two attached hydrogens (primary N) is 1. The molecule has 0 aliphatic heterocycles. The molecule has 0 spiro atoms. The van der Waals surface area contributed by atoms with Gasteiger partial charge in [0.2, 0.25) is 0 Å². The molecule has 19 heavy (non-hydrogen) atoms. The second-order valence-corrected chi connectivity index (χ2v) is 6.02. The van der Waals surface area contributed by atoms with Gasteiger partial charge in [0.25, 0.3) is 0 Å². The highest BCUT2D eigenvalue weighted by Crippen LogP contribution is 2.42. The Hall–Kier alpha value is -0.580. The monoisotopic (exact) mass is 285 g/mol. The molecule has 0 radical (unpaired) electrons. The number of methoxy groups -OCH3 is 1. The largest absolute Gasteiger partial charge is 0.383 e.